The largest absolute Gasteiger partial charge is 0.380 e. The summed E-state index contributed by atoms with van der Waals surface area (Å²) in [4.78, 5) is 4.38. The predicted octanol–water partition coefficient (Wildman–Crippen LogP) is 3.49. The molecule has 0 saturated heterocycles. The van der Waals surface area contributed by atoms with Crippen LogP contribution in [0.5, 0.6) is 0 Å². The maximum Gasteiger partial charge on any atom is 0.0722 e. The van der Waals surface area contributed by atoms with E-state index >= 15 is 0 Å². The lowest BCUT2D eigenvalue weighted by atomic mass is 10.1. The SMILES string of the molecule is c1cc(NCc2cnn3ccccc23)c2cccnc2c1. The van der Waals surface area contributed by atoms with Crippen LogP contribution in [-0.4, -0.2) is 14.6 Å². The highest BCUT2D eigenvalue weighted by Crippen LogP contribution is 2.22. The number of benzene rings is 1. The summed E-state index contributed by atoms with van der Waals surface area (Å²) >= 11 is 0. The van der Waals surface area contributed by atoms with Crippen molar-refractivity contribution in [2.75, 3.05) is 5.32 Å². The molecule has 0 aliphatic carbocycles. The lowest BCUT2D eigenvalue weighted by molar-refractivity contribution is 0.961. The van der Waals surface area contributed by atoms with Crippen molar-refractivity contribution < 1.29 is 0 Å². The molecule has 4 heteroatoms. The van der Waals surface area contributed by atoms with Gasteiger partial charge in [0.1, 0.15) is 0 Å². The Labute approximate surface area is 122 Å². The molecule has 0 aliphatic heterocycles. The molecule has 0 aliphatic rings. The van der Waals surface area contributed by atoms with Crippen molar-refractivity contribution in [1.29, 1.82) is 0 Å². The lowest BCUT2D eigenvalue weighted by Gasteiger charge is -2.08. The van der Waals surface area contributed by atoms with Gasteiger partial charge in [-0.2, -0.15) is 5.10 Å². The van der Waals surface area contributed by atoms with Crippen LogP contribution in [0.1, 0.15) is 5.56 Å². The number of hydrogen-bond acceptors (Lipinski definition) is 3. The summed E-state index contributed by atoms with van der Waals surface area (Å²) in [5.74, 6) is 0. The molecule has 0 radical (unpaired) electrons. The van der Waals surface area contributed by atoms with E-state index < -0.39 is 0 Å². The maximum absolute atomic E-state index is 4.38. The average Bonchev–Trinajstić information content (AvgIpc) is 2.96. The standard InChI is InChI=1S/C17H14N4/c1-2-10-21-17(8-1)13(12-20-21)11-19-16-7-3-6-15-14(16)5-4-9-18-15/h1-10,12,19H,11H2. The Balaban J connectivity index is 1.67. The summed E-state index contributed by atoms with van der Waals surface area (Å²) < 4.78 is 1.89. The molecule has 0 spiro atoms. The van der Waals surface area contributed by atoms with Crippen molar-refractivity contribution in [2.24, 2.45) is 0 Å². The van der Waals surface area contributed by atoms with Crippen LogP contribution in [0.25, 0.3) is 16.4 Å². The highest BCUT2D eigenvalue weighted by Gasteiger charge is 2.05. The molecule has 0 saturated carbocycles. The van der Waals surface area contributed by atoms with Crippen molar-refractivity contribution in [3.8, 4) is 0 Å². The van der Waals surface area contributed by atoms with Gasteiger partial charge in [0.15, 0.2) is 0 Å². The number of hydrogen-bond donors (Lipinski definition) is 1. The summed E-state index contributed by atoms with van der Waals surface area (Å²) in [5, 5.41) is 8.98. The minimum Gasteiger partial charge on any atom is -0.380 e. The Kier molecular flexibility index (Phi) is 2.78. The third-order valence-corrected chi connectivity index (χ3v) is 3.62. The molecule has 0 amide bonds. The number of aromatic nitrogens is 3. The highest BCUT2D eigenvalue weighted by molar-refractivity contribution is 5.91. The second kappa shape index (κ2) is 4.90. The van der Waals surface area contributed by atoms with Crippen molar-refractivity contribution >= 4 is 22.1 Å². The summed E-state index contributed by atoms with van der Waals surface area (Å²) in [6.45, 7) is 0.738. The van der Waals surface area contributed by atoms with Gasteiger partial charge in [-0.1, -0.05) is 12.1 Å². The maximum atomic E-state index is 4.38. The van der Waals surface area contributed by atoms with E-state index in [-0.39, 0.29) is 0 Å². The van der Waals surface area contributed by atoms with Gasteiger partial charge in [-0.25, -0.2) is 4.52 Å². The average molecular weight is 274 g/mol. The number of pyridine rings is 2. The van der Waals surface area contributed by atoms with E-state index in [1.807, 2.05) is 53.4 Å². The molecule has 4 nitrogen and oxygen atoms in total. The van der Waals surface area contributed by atoms with E-state index in [4.69, 9.17) is 0 Å². The van der Waals surface area contributed by atoms with Gasteiger partial charge in [0.2, 0.25) is 0 Å². The molecule has 0 unspecified atom stereocenters. The van der Waals surface area contributed by atoms with Crippen LogP contribution in [0, 0.1) is 0 Å². The van der Waals surface area contributed by atoms with E-state index in [1.165, 1.54) is 5.56 Å². The molecule has 3 heterocycles. The van der Waals surface area contributed by atoms with E-state index in [0.717, 1.165) is 28.7 Å². The molecule has 4 rings (SSSR count). The fraction of sp³-hybridized carbons (Fsp3) is 0.0588. The molecule has 4 aromatic rings. The van der Waals surface area contributed by atoms with Gasteiger partial charge in [0.25, 0.3) is 0 Å². The van der Waals surface area contributed by atoms with Gasteiger partial charge in [-0.3, -0.25) is 4.98 Å². The zero-order chi connectivity index (χ0) is 14.1. The van der Waals surface area contributed by atoms with E-state index in [1.54, 1.807) is 0 Å². The molecule has 21 heavy (non-hydrogen) atoms. The van der Waals surface area contributed by atoms with Gasteiger partial charge >= 0.3 is 0 Å². The fourth-order valence-electron chi connectivity index (χ4n) is 2.57. The summed E-state index contributed by atoms with van der Waals surface area (Å²) in [6.07, 6.45) is 5.68. The van der Waals surface area contributed by atoms with Crippen molar-refractivity contribution in [2.45, 2.75) is 6.54 Å². The molecule has 1 aromatic carbocycles. The first-order valence-electron chi connectivity index (χ1n) is 6.91. The smallest absolute Gasteiger partial charge is 0.0722 e. The monoisotopic (exact) mass is 274 g/mol. The van der Waals surface area contributed by atoms with Gasteiger partial charge in [0.05, 0.1) is 17.2 Å². The quantitative estimate of drug-likeness (QED) is 0.622. The van der Waals surface area contributed by atoms with Gasteiger partial charge in [-0.05, 0) is 36.4 Å². The Hall–Kier alpha value is -2.88. The summed E-state index contributed by atoms with van der Waals surface area (Å²) in [7, 11) is 0. The molecular formula is C17H14N4. The molecular weight excluding hydrogens is 260 g/mol. The molecule has 0 bridgehead atoms. The third-order valence-electron chi connectivity index (χ3n) is 3.62. The van der Waals surface area contributed by atoms with Crippen LogP contribution in [0.2, 0.25) is 0 Å². The number of nitrogens with zero attached hydrogens (tertiary/aromatic N) is 3. The van der Waals surface area contributed by atoms with Gasteiger partial charge in [-0.15, -0.1) is 0 Å². The van der Waals surface area contributed by atoms with Crippen molar-refractivity contribution in [3.63, 3.8) is 0 Å². The number of rotatable bonds is 3. The zero-order valence-electron chi connectivity index (χ0n) is 11.4. The Morgan fingerprint density at radius 1 is 1.00 bits per heavy atom. The fourth-order valence-corrected chi connectivity index (χ4v) is 2.57. The molecule has 0 atom stereocenters. The van der Waals surface area contributed by atoms with Crippen LogP contribution in [0.15, 0.2) is 67.1 Å². The second-order valence-electron chi connectivity index (χ2n) is 4.93. The molecule has 1 N–H and O–H groups in total. The summed E-state index contributed by atoms with van der Waals surface area (Å²) in [5.41, 5.74) is 4.40. The van der Waals surface area contributed by atoms with Crippen LogP contribution >= 0.6 is 0 Å². The van der Waals surface area contributed by atoms with Crippen LogP contribution in [-0.2, 0) is 6.54 Å². The van der Waals surface area contributed by atoms with Crippen molar-refractivity contribution in [3.05, 3.63) is 72.7 Å². The minimum atomic E-state index is 0.738. The Morgan fingerprint density at radius 3 is 3.00 bits per heavy atom. The van der Waals surface area contributed by atoms with Crippen molar-refractivity contribution in [1.82, 2.24) is 14.6 Å². The lowest BCUT2D eigenvalue weighted by Crippen LogP contribution is -1.99. The number of anilines is 1. The van der Waals surface area contributed by atoms with E-state index in [9.17, 15) is 0 Å². The third kappa shape index (κ3) is 2.10. The first-order chi connectivity index (χ1) is 10.4. The molecule has 102 valence electrons. The Bertz CT molecular complexity index is 905. The summed E-state index contributed by atoms with van der Waals surface area (Å²) in [6, 6.07) is 16.3. The predicted molar refractivity (Wildman–Crippen MR) is 84.3 cm³/mol. The van der Waals surface area contributed by atoms with Gasteiger partial charge in [0, 0.05) is 35.6 Å². The number of nitrogens with one attached hydrogen (secondary N) is 1. The zero-order valence-corrected chi connectivity index (χ0v) is 11.4. The normalized spacial score (nSPS) is 11.0. The van der Waals surface area contributed by atoms with E-state index in [2.05, 4.69) is 33.6 Å². The Morgan fingerprint density at radius 2 is 2.00 bits per heavy atom. The molecule has 0 fully saturated rings. The van der Waals surface area contributed by atoms with Crippen LogP contribution < -0.4 is 5.32 Å². The van der Waals surface area contributed by atoms with Crippen LogP contribution in [0.3, 0.4) is 0 Å². The van der Waals surface area contributed by atoms with E-state index in [0.29, 0.717) is 0 Å². The first kappa shape index (κ1) is 11.9. The topological polar surface area (TPSA) is 42.2 Å². The minimum absolute atomic E-state index is 0.738. The second-order valence-corrected chi connectivity index (χ2v) is 4.93. The first-order valence-corrected chi connectivity index (χ1v) is 6.91. The van der Waals surface area contributed by atoms with Gasteiger partial charge < -0.3 is 5.32 Å². The highest BCUT2D eigenvalue weighted by atomic mass is 15.2. The molecule has 3 aromatic heterocycles. The van der Waals surface area contributed by atoms with Crippen LogP contribution in [0.4, 0.5) is 5.69 Å². The number of fused-ring (bicyclic) bond motifs is 2.